The second kappa shape index (κ2) is 8.16. The van der Waals surface area contributed by atoms with Gasteiger partial charge < -0.3 is 14.7 Å². The molecule has 4 amide bonds. The molecule has 10 nitrogen and oxygen atoms in total. The van der Waals surface area contributed by atoms with E-state index in [9.17, 15) is 24.5 Å². The Bertz CT molecular complexity index is 888. The Morgan fingerprint density at radius 3 is 2.23 bits per heavy atom. The van der Waals surface area contributed by atoms with Crippen molar-refractivity contribution < 1.29 is 19.3 Å². The number of rotatable bonds is 4. The van der Waals surface area contributed by atoms with Crippen LogP contribution in [-0.2, 0) is 9.59 Å². The summed E-state index contributed by atoms with van der Waals surface area (Å²) in [7, 11) is 1.67. The minimum Gasteiger partial charge on any atom is -0.368 e. The highest BCUT2D eigenvalue weighted by atomic mass is 16.6. The fourth-order valence-electron chi connectivity index (χ4n) is 4.91. The Morgan fingerprint density at radius 2 is 1.65 bits per heavy atom. The molecule has 3 aliphatic rings. The summed E-state index contributed by atoms with van der Waals surface area (Å²) in [6.07, 6.45) is 4.21. The molecule has 0 N–H and O–H groups in total. The van der Waals surface area contributed by atoms with Gasteiger partial charge >= 0.3 is 6.03 Å². The molecule has 1 aromatic carbocycles. The molecule has 2 saturated heterocycles. The lowest BCUT2D eigenvalue weighted by Gasteiger charge is -2.36. The van der Waals surface area contributed by atoms with Crippen LogP contribution < -0.4 is 4.90 Å². The SMILES string of the molecule is CN1C(=O)N(CC(=O)N2CCN(c3ccc([N+](=O)[O-])cc3)CC2)C(=O)C12CCCCC2. The number of piperazine rings is 1. The molecule has 1 aromatic rings. The lowest BCUT2D eigenvalue weighted by molar-refractivity contribution is -0.384. The number of anilines is 1. The lowest BCUT2D eigenvalue weighted by Crippen LogP contribution is -2.52. The van der Waals surface area contributed by atoms with E-state index in [2.05, 4.69) is 4.90 Å². The Balaban J connectivity index is 1.35. The van der Waals surface area contributed by atoms with Crippen LogP contribution in [0.15, 0.2) is 24.3 Å². The van der Waals surface area contributed by atoms with Gasteiger partial charge in [-0.05, 0) is 25.0 Å². The largest absolute Gasteiger partial charge is 0.368 e. The third-order valence-electron chi connectivity index (χ3n) is 6.84. The van der Waals surface area contributed by atoms with Crippen molar-refractivity contribution in [1.82, 2.24) is 14.7 Å². The molecule has 0 bridgehead atoms. The molecule has 1 spiro atoms. The second-order valence-corrected chi connectivity index (χ2v) is 8.47. The molecule has 1 aliphatic carbocycles. The van der Waals surface area contributed by atoms with E-state index in [1.54, 1.807) is 24.1 Å². The zero-order chi connectivity index (χ0) is 22.2. The van der Waals surface area contributed by atoms with Crippen LogP contribution in [0.4, 0.5) is 16.2 Å². The van der Waals surface area contributed by atoms with E-state index in [4.69, 9.17) is 0 Å². The molecule has 2 heterocycles. The van der Waals surface area contributed by atoms with Gasteiger partial charge in [-0.1, -0.05) is 19.3 Å². The van der Waals surface area contributed by atoms with Crippen LogP contribution in [0.5, 0.6) is 0 Å². The number of likely N-dealkylation sites (N-methyl/N-ethyl adjacent to an activating group) is 1. The molecule has 4 rings (SSSR count). The maximum absolute atomic E-state index is 13.1. The van der Waals surface area contributed by atoms with Crippen molar-refractivity contribution in [2.75, 3.05) is 44.7 Å². The van der Waals surface area contributed by atoms with E-state index in [0.717, 1.165) is 29.8 Å². The summed E-state index contributed by atoms with van der Waals surface area (Å²) in [6.45, 7) is 1.87. The quantitative estimate of drug-likeness (QED) is 0.411. The molecule has 1 saturated carbocycles. The van der Waals surface area contributed by atoms with E-state index in [1.807, 2.05) is 0 Å². The summed E-state index contributed by atoms with van der Waals surface area (Å²) in [5.41, 5.74) is 0.131. The first kappa shape index (κ1) is 21.1. The van der Waals surface area contributed by atoms with E-state index in [0.29, 0.717) is 39.0 Å². The van der Waals surface area contributed by atoms with Crippen molar-refractivity contribution in [2.45, 2.75) is 37.6 Å². The Hall–Kier alpha value is -3.17. The molecule has 3 fully saturated rings. The van der Waals surface area contributed by atoms with Gasteiger partial charge in [0.2, 0.25) is 5.91 Å². The van der Waals surface area contributed by atoms with Crippen molar-refractivity contribution in [3.05, 3.63) is 34.4 Å². The van der Waals surface area contributed by atoms with Crippen LogP contribution in [0.25, 0.3) is 0 Å². The maximum Gasteiger partial charge on any atom is 0.327 e. The first-order valence-electron chi connectivity index (χ1n) is 10.7. The summed E-state index contributed by atoms with van der Waals surface area (Å²) >= 11 is 0. The van der Waals surface area contributed by atoms with Crippen LogP contribution in [0.2, 0.25) is 0 Å². The number of amides is 4. The molecule has 31 heavy (non-hydrogen) atoms. The van der Waals surface area contributed by atoms with Gasteiger partial charge in [-0.25, -0.2) is 4.79 Å². The third-order valence-corrected chi connectivity index (χ3v) is 6.84. The first-order valence-corrected chi connectivity index (χ1v) is 10.7. The minimum atomic E-state index is -0.774. The van der Waals surface area contributed by atoms with Crippen molar-refractivity contribution >= 4 is 29.2 Å². The van der Waals surface area contributed by atoms with E-state index >= 15 is 0 Å². The number of non-ortho nitro benzene ring substituents is 1. The molecule has 10 heteroatoms. The standard InChI is InChI=1S/C21H27N5O5/c1-22-20(29)25(19(28)21(22)9-3-2-4-10-21)15-18(27)24-13-11-23(12-14-24)16-5-7-17(8-6-16)26(30)31/h5-8H,2-4,9-15H2,1H3. The van der Waals surface area contributed by atoms with Crippen molar-refractivity contribution in [3.8, 4) is 0 Å². The topological polar surface area (TPSA) is 107 Å². The Labute approximate surface area is 180 Å². The number of nitrogens with zero attached hydrogens (tertiary/aromatic N) is 5. The van der Waals surface area contributed by atoms with Gasteiger partial charge in [-0.2, -0.15) is 0 Å². The number of carbonyl (C=O) groups excluding carboxylic acids is 3. The Kier molecular flexibility index (Phi) is 5.55. The molecule has 0 atom stereocenters. The van der Waals surface area contributed by atoms with Gasteiger partial charge in [-0.3, -0.25) is 24.6 Å². The van der Waals surface area contributed by atoms with Crippen molar-refractivity contribution in [1.29, 1.82) is 0 Å². The summed E-state index contributed by atoms with van der Waals surface area (Å²) < 4.78 is 0. The van der Waals surface area contributed by atoms with Crippen molar-refractivity contribution in [2.24, 2.45) is 0 Å². The Morgan fingerprint density at radius 1 is 1.03 bits per heavy atom. The predicted molar refractivity (Wildman–Crippen MR) is 113 cm³/mol. The fourth-order valence-corrected chi connectivity index (χ4v) is 4.91. The van der Waals surface area contributed by atoms with Crippen molar-refractivity contribution in [3.63, 3.8) is 0 Å². The predicted octanol–water partition coefficient (Wildman–Crippen LogP) is 1.84. The fraction of sp³-hybridized carbons (Fsp3) is 0.571. The monoisotopic (exact) mass is 429 g/mol. The smallest absolute Gasteiger partial charge is 0.327 e. The molecular weight excluding hydrogens is 402 g/mol. The highest BCUT2D eigenvalue weighted by molar-refractivity contribution is 6.09. The number of hydrogen-bond acceptors (Lipinski definition) is 6. The molecule has 2 aliphatic heterocycles. The number of nitro groups is 1. The van der Waals surface area contributed by atoms with Gasteiger partial charge in [0.05, 0.1) is 4.92 Å². The first-order chi connectivity index (χ1) is 14.8. The maximum atomic E-state index is 13.1. The molecular formula is C21H27N5O5. The van der Waals surface area contributed by atoms with Gasteiger partial charge in [0.1, 0.15) is 12.1 Å². The molecule has 166 valence electrons. The highest BCUT2D eigenvalue weighted by Crippen LogP contribution is 2.39. The lowest BCUT2D eigenvalue weighted by atomic mass is 9.81. The third kappa shape index (κ3) is 3.70. The van der Waals surface area contributed by atoms with Gasteiger partial charge in [0, 0.05) is 51.0 Å². The number of hydrogen-bond donors (Lipinski definition) is 0. The highest BCUT2D eigenvalue weighted by Gasteiger charge is 2.56. The van der Waals surface area contributed by atoms with E-state index in [-0.39, 0.29) is 30.1 Å². The number of nitro benzene ring substituents is 1. The number of urea groups is 1. The summed E-state index contributed by atoms with van der Waals surface area (Å²) in [5.74, 6) is -0.469. The van der Waals surface area contributed by atoms with Gasteiger partial charge in [0.25, 0.3) is 11.6 Å². The number of imide groups is 1. The summed E-state index contributed by atoms with van der Waals surface area (Å²) in [6, 6.07) is 5.96. The number of benzene rings is 1. The normalized spacial score (nSPS) is 21.2. The van der Waals surface area contributed by atoms with Gasteiger partial charge in [-0.15, -0.1) is 0 Å². The molecule has 0 unspecified atom stereocenters. The van der Waals surface area contributed by atoms with Gasteiger partial charge in [0.15, 0.2) is 0 Å². The summed E-state index contributed by atoms with van der Waals surface area (Å²) in [5, 5.41) is 10.8. The van der Waals surface area contributed by atoms with Crippen LogP contribution in [0, 0.1) is 10.1 Å². The molecule has 0 aromatic heterocycles. The molecule has 0 radical (unpaired) electrons. The number of carbonyl (C=O) groups is 3. The van der Waals surface area contributed by atoms with E-state index < -0.39 is 10.5 Å². The van der Waals surface area contributed by atoms with Crippen LogP contribution in [-0.4, -0.2) is 82.8 Å². The second-order valence-electron chi connectivity index (χ2n) is 8.47. The van der Waals surface area contributed by atoms with E-state index in [1.165, 1.54) is 17.0 Å². The van der Waals surface area contributed by atoms with Crippen LogP contribution in [0.3, 0.4) is 0 Å². The van der Waals surface area contributed by atoms with Crippen LogP contribution in [0.1, 0.15) is 32.1 Å². The zero-order valence-corrected chi connectivity index (χ0v) is 17.7. The summed E-state index contributed by atoms with van der Waals surface area (Å²) in [4.78, 5) is 55.4. The average Bonchev–Trinajstić information content (AvgIpc) is 2.96. The minimum absolute atomic E-state index is 0.0400. The van der Waals surface area contributed by atoms with Crippen LogP contribution >= 0.6 is 0 Å². The average molecular weight is 429 g/mol. The zero-order valence-electron chi connectivity index (χ0n) is 17.7.